The van der Waals surface area contributed by atoms with Gasteiger partial charge in [0.15, 0.2) is 0 Å². The molecule has 8 heteroatoms. The standard InChI is InChI=1S/C21H23ClN4O3/c22-18-3-1-2-4-20(18)24-7-9-26(10-8-24)21(27)17-15-16(23-28)5-6-19(17)25-11-13-29-14-12-25/h1-6,15H,7-14H2. The zero-order valence-electron chi connectivity index (χ0n) is 16.1. The Balaban J connectivity index is 1.52. The summed E-state index contributed by atoms with van der Waals surface area (Å²) in [5.41, 5.74) is 2.61. The second kappa shape index (κ2) is 8.80. The number of nitrogens with zero attached hydrogens (tertiary/aromatic N) is 4. The first-order chi connectivity index (χ1) is 14.2. The number of benzene rings is 2. The highest BCUT2D eigenvalue weighted by molar-refractivity contribution is 6.33. The third-order valence-corrected chi connectivity index (χ3v) is 5.75. The van der Waals surface area contributed by atoms with Crippen LogP contribution in [0.3, 0.4) is 0 Å². The Hall–Kier alpha value is -2.64. The van der Waals surface area contributed by atoms with Gasteiger partial charge >= 0.3 is 0 Å². The fraction of sp³-hybridized carbons (Fsp3) is 0.381. The maximum Gasteiger partial charge on any atom is 0.256 e. The van der Waals surface area contributed by atoms with Gasteiger partial charge in [0.2, 0.25) is 0 Å². The topological polar surface area (TPSA) is 65.5 Å². The summed E-state index contributed by atoms with van der Waals surface area (Å²) in [7, 11) is 0. The van der Waals surface area contributed by atoms with E-state index in [1.54, 1.807) is 12.1 Å². The minimum absolute atomic E-state index is 0.0733. The van der Waals surface area contributed by atoms with Gasteiger partial charge in [-0.25, -0.2) is 0 Å². The van der Waals surface area contributed by atoms with Crippen LogP contribution < -0.4 is 9.80 Å². The molecule has 0 bridgehead atoms. The number of halogens is 1. The van der Waals surface area contributed by atoms with Crippen LogP contribution in [0.1, 0.15) is 10.4 Å². The fourth-order valence-corrected chi connectivity index (χ4v) is 4.12. The van der Waals surface area contributed by atoms with Crippen LogP contribution in [-0.4, -0.2) is 63.3 Å². The summed E-state index contributed by atoms with van der Waals surface area (Å²) in [6.07, 6.45) is 0. The summed E-state index contributed by atoms with van der Waals surface area (Å²) in [5, 5.41) is 3.73. The number of para-hydroxylation sites is 1. The van der Waals surface area contributed by atoms with Gasteiger partial charge < -0.3 is 19.4 Å². The van der Waals surface area contributed by atoms with Crippen LogP contribution in [0.2, 0.25) is 5.02 Å². The minimum atomic E-state index is -0.0733. The van der Waals surface area contributed by atoms with E-state index in [2.05, 4.69) is 15.0 Å². The minimum Gasteiger partial charge on any atom is -0.378 e. The van der Waals surface area contributed by atoms with Gasteiger partial charge in [-0.15, -0.1) is 4.91 Å². The molecule has 2 fully saturated rings. The highest BCUT2D eigenvalue weighted by Gasteiger charge is 2.27. The van der Waals surface area contributed by atoms with Crippen molar-refractivity contribution in [3.05, 3.63) is 58.0 Å². The van der Waals surface area contributed by atoms with Crippen molar-refractivity contribution in [1.29, 1.82) is 0 Å². The molecule has 1 amide bonds. The lowest BCUT2D eigenvalue weighted by molar-refractivity contribution is 0.0746. The zero-order valence-corrected chi connectivity index (χ0v) is 16.8. The highest BCUT2D eigenvalue weighted by Crippen LogP contribution is 2.30. The zero-order chi connectivity index (χ0) is 20.2. The quantitative estimate of drug-likeness (QED) is 0.716. The van der Waals surface area contributed by atoms with E-state index in [1.807, 2.05) is 35.2 Å². The van der Waals surface area contributed by atoms with E-state index in [0.717, 1.165) is 11.4 Å². The summed E-state index contributed by atoms with van der Waals surface area (Å²) >= 11 is 6.31. The average molecular weight is 415 g/mol. The van der Waals surface area contributed by atoms with Crippen molar-refractivity contribution < 1.29 is 9.53 Å². The lowest BCUT2D eigenvalue weighted by Crippen LogP contribution is -2.49. The van der Waals surface area contributed by atoms with Crippen molar-refractivity contribution in [2.45, 2.75) is 0 Å². The molecule has 2 aliphatic rings. The van der Waals surface area contributed by atoms with Gasteiger partial charge in [0, 0.05) is 45.0 Å². The second-order valence-corrected chi connectivity index (χ2v) is 7.53. The normalized spacial score (nSPS) is 17.3. The van der Waals surface area contributed by atoms with Crippen LogP contribution in [0.25, 0.3) is 0 Å². The molecule has 29 heavy (non-hydrogen) atoms. The van der Waals surface area contributed by atoms with Crippen LogP contribution in [0.4, 0.5) is 17.1 Å². The Labute approximate surface area is 174 Å². The Morgan fingerprint density at radius 1 is 0.897 bits per heavy atom. The van der Waals surface area contributed by atoms with Gasteiger partial charge in [-0.3, -0.25) is 4.79 Å². The number of anilines is 2. The number of piperazine rings is 1. The number of morpholine rings is 1. The number of nitroso groups, excluding NO2 is 1. The average Bonchev–Trinajstić information content (AvgIpc) is 2.79. The third kappa shape index (κ3) is 4.21. The van der Waals surface area contributed by atoms with E-state index < -0.39 is 0 Å². The molecule has 2 aromatic carbocycles. The maximum atomic E-state index is 13.3. The summed E-state index contributed by atoms with van der Waals surface area (Å²) in [4.78, 5) is 30.5. The number of amides is 1. The second-order valence-electron chi connectivity index (χ2n) is 7.12. The molecule has 0 aromatic heterocycles. The maximum absolute atomic E-state index is 13.3. The molecule has 0 saturated carbocycles. The lowest BCUT2D eigenvalue weighted by atomic mass is 10.1. The van der Waals surface area contributed by atoms with Crippen molar-refractivity contribution in [3.63, 3.8) is 0 Å². The SMILES string of the molecule is O=Nc1ccc(N2CCOCC2)c(C(=O)N2CCN(c3ccccc3Cl)CC2)c1. The number of hydrogen-bond acceptors (Lipinski definition) is 6. The highest BCUT2D eigenvalue weighted by atomic mass is 35.5. The first-order valence-corrected chi connectivity index (χ1v) is 10.1. The molecule has 0 radical (unpaired) electrons. The molecule has 2 aliphatic heterocycles. The van der Waals surface area contributed by atoms with E-state index in [1.165, 1.54) is 0 Å². The van der Waals surface area contributed by atoms with E-state index >= 15 is 0 Å². The molecule has 2 saturated heterocycles. The number of rotatable bonds is 4. The van der Waals surface area contributed by atoms with Crippen LogP contribution in [0.5, 0.6) is 0 Å². The number of carbonyl (C=O) groups excluding carboxylic acids is 1. The Kier molecular flexibility index (Phi) is 5.97. The molecular formula is C21H23ClN4O3. The number of ether oxygens (including phenoxy) is 1. The largest absolute Gasteiger partial charge is 0.378 e. The Morgan fingerprint density at radius 3 is 2.28 bits per heavy atom. The predicted molar refractivity (Wildman–Crippen MR) is 114 cm³/mol. The monoisotopic (exact) mass is 414 g/mol. The molecule has 2 aromatic rings. The molecule has 152 valence electrons. The van der Waals surface area contributed by atoms with Crippen molar-refractivity contribution in [3.8, 4) is 0 Å². The summed E-state index contributed by atoms with van der Waals surface area (Å²) < 4.78 is 5.42. The van der Waals surface area contributed by atoms with Crippen LogP contribution in [0, 0.1) is 4.91 Å². The van der Waals surface area contributed by atoms with E-state index in [4.69, 9.17) is 16.3 Å². The van der Waals surface area contributed by atoms with Gasteiger partial charge in [-0.1, -0.05) is 23.7 Å². The first-order valence-electron chi connectivity index (χ1n) is 9.76. The predicted octanol–water partition coefficient (Wildman–Crippen LogP) is 3.54. The third-order valence-electron chi connectivity index (χ3n) is 5.43. The Morgan fingerprint density at radius 2 is 1.59 bits per heavy atom. The van der Waals surface area contributed by atoms with Gasteiger partial charge in [0.25, 0.3) is 5.91 Å². The molecule has 0 unspecified atom stereocenters. The van der Waals surface area contributed by atoms with E-state index in [-0.39, 0.29) is 11.6 Å². The van der Waals surface area contributed by atoms with Gasteiger partial charge in [0.05, 0.1) is 29.5 Å². The fourth-order valence-electron chi connectivity index (χ4n) is 3.86. The molecule has 2 heterocycles. The molecule has 0 aliphatic carbocycles. The molecule has 7 nitrogen and oxygen atoms in total. The summed E-state index contributed by atoms with van der Waals surface area (Å²) in [5.74, 6) is -0.0733. The first kappa shape index (κ1) is 19.7. The number of carbonyl (C=O) groups is 1. The van der Waals surface area contributed by atoms with Crippen LogP contribution in [0.15, 0.2) is 47.6 Å². The smallest absolute Gasteiger partial charge is 0.256 e. The van der Waals surface area contributed by atoms with Crippen molar-refractivity contribution in [1.82, 2.24) is 4.90 Å². The van der Waals surface area contributed by atoms with Crippen LogP contribution in [-0.2, 0) is 4.74 Å². The number of hydrogen-bond donors (Lipinski definition) is 0. The molecule has 0 N–H and O–H groups in total. The molecule has 0 spiro atoms. The van der Waals surface area contributed by atoms with Crippen molar-refractivity contribution in [2.75, 3.05) is 62.3 Å². The van der Waals surface area contributed by atoms with E-state index in [9.17, 15) is 9.70 Å². The Bertz CT molecular complexity index is 893. The van der Waals surface area contributed by atoms with Gasteiger partial charge in [0.1, 0.15) is 5.69 Å². The van der Waals surface area contributed by atoms with Gasteiger partial charge in [-0.05, 0) is 35.5 Å². The van der Waals surface area contributed by atoms with Gasteiger partial charge in [-0.2, -0.15) is 0 Å². The molecule has 0 atom stereocenters. The molecular weight excluding hydrogens is 392 g/mol. The van der Waals surface area contributed by atoms with E-state index in [0.29, 0.717) is 63.1 Å². The summed E-state index contributed by atoms with van der Waals surface area (Å²) in [6.45, 7) is 5.26. The molecule has 4 rings (SSSR count). The summed E-state index contributed by atoms with van der Waals surface area (Å²) in [6, 6.07) is 12.8. The van der Waals surface area contributed by atoms with Crippen molar-refractivity contribution in [2.24, 2.45) is 5.18 Å². The van der Waals surface area contributed by atoms with Crippen molar-refractivity contribution >= 4 is 34.6 Å². The lowest BCUT2D eigenvalue weighted by Gasteiger charge is -2.37. The van der Waals surface area contributed by atoms with Crippen LogP contribution >= 0.6 is 11.6 Å².